The van der Waals surface area contributed by atoms with Gasteiger partial charge in [0.2, 0.25) is 0 Å². The molecule has 0 radical (unpaired) electrons. The van der Waals surface area contributed by atoms with Crippen LogP contribution in [0, 0.1) is 0 Å². The minimum atomic E-state index is -2.28. The molecule has 0 aromatic heterocycles. The summed E-state index contributed by atoms with van der Waals surface area (Å²) in [6.07, 6.45) is -4.62. The minimum Gasteiger partial charge on any atom is -0.507 e. The molecule has 1 fully saturated rings. The Morgan fingerprint density at radius 3 is 2.45 bits per heavy atom. The molecule has 7 atom stereocenters. The molecule has 1 saturated heterocycles. The van der Waals surface area contributed by atoms with Crippen molar-refractivity contribution in [2.75, 3.05) is 13.7 Å². The second kappa shape index (κ2) is 9.96. The van der Waals surface area contributed by atoms with E-state index in [2.05, 4.69) is 0 Å². The zero-order valence-electron chi connectivity index (χ0n) is 21.6. The van der Waals surface area contributed by atoms with Crippen LogP contribution in [0.15, 0.2) is 23.3 Å². The van der Waals surface area contributed by atoms with Gasteiger partial charge in [-0.1, -0.05) is 0 Å². The van der Waals surface area contributed by atoms with Gasteiger partial charge in [-0.2, -0.15) is 0 Å². The predicted octanol–water partition coefficient (Wildman–Crippen LogP) is -0.953. The number of fused-ring (bicyclic) bond motifs is 2. The molecule has 13 nitrogen and oxygen atoms in total. The lowest BCUT2D eigenvalue weighted by molar-refractivity contribution is -0.247. The van der Waals surface area contributed by atoms with Crippen LogP contribution in [-0.4, -0.2) is 98.6 Å². The summed E-state index contributed by atoms with van der Waals surface area (Å²) in [5, 5.41) is 53.7. The zero-order valence-corrected chi connectivity index (χ0v) is 21.6. The molecule has 0 saturated carbocycles. The fourth-order valence-corrected chi connectivity index (χ4v) is 5.93. The van der Waals surface area contributed by atoms with Gasteiger partial charge in [0.05, 0.1) is 29.4 Å². The SMILES string of the molecule is COC1C(=O)C=CC2=C1C(=O)c1c(O)c3c(c(O)c1C2=O)C[C@@](O)(C(=O)CO)C[C@@H]3O[C@H]1C[C@H](N)[C@H](O)[C@H](C)O1. The summed E-state index contributed by atoms with van der Waals surface area (Å²) < 4.78 is 16.8. The van der Waals surface area contributed by atoms with Gasteiger partial charge in [0.15, 0.2) is 29.4 Å². The first-order valence-electron chi connectivity index (χ1n) is 12.6. The van der Waals surface area contributed by atoms with Crippen molar-refractivity contribution in [1.29, 1.82) is 0 Å². The van der Waals surface area contributed by atoms with Gasteiger partial charge in [0, 0.05) is 54.7 Å². The molecule has 7 N–H and O–H groups in total. The summed E-state index contributed by atoms with van der Waals surface area (Å²) >= 11 is 0. The van der Waals surface area contributed by atoms with Gasteiger partial charge >= 0.3 is 0 Å². The molecule has 1 aromatic rings. The number of aliphatic hydroxyl groups excluding tert-OH is 2. The van der Waals surface area contributed by atoms with Gasteiger partial charge < -0.3 is 45.5 Å². The van der Waals surface area contributed by atoms with E-state index in [1.165, 1.54) is 7.11 Å². The second-order valence-electron chi connectivity index (χ2n) is 10.5. The maximum atomic E-state index is 13.7. The van der Waals surface area contributed by atoms with Crippen LogP contribution in [0.25, 0.3) is 0 Å². The first-order valence-corrected chi connectivity index (χ1v) is 12.6. The van der Waals surface area contributed by atoms with Crippen LogP contribution in [-0.2, 0) is 30.2 Å². The van der Waals surface area contributed by atoms with Gasteiger partial charge in [-0.15, -0.1) is 0 Å². The number of ether oxygens (including phenoxy) is 3. The number of phenolic OH excluding ortho intramolecular Hbond substituents is 2. The average molecular weight is 560 g/mol. The molecule has 0 spiro atoms. The van der Waals surface area contributed by atoms with Crippen molar-refractivity contribution >= 4 is 23.1 Å². The smallest absolute Gasteiger partial charge is 0.198 e. The molecule has 13 heteroatoms. The summed E-state index contributed by atoms with van der Waals surface area (Å²) in [7, 11) is 1.18. The lowest BCUT2D eigenvalue weighted by Gasteiger charge is -2.42. The lowest BCUT2D eigenvalue weighted by atomic mass is 9.71. The van der Waals surface area contributed by atoms with Crippen LogP contribution >= 0.6 is 0 Å². The Morgan fingerprint density at radius 1 is 1.15 bits per heavy atom. The molecule has 40 heavy (non-hydrogen) atoms. The normalized spacial score (nSPS) is 33.5. The number of aliphatic hydroxyl groups is 3. The highest BCUT2D eigenvalue weighted by Crippen LogP contribution is 2.52. The van der Waals surface area contributed by atoms with E-state index in [9.17, 15) is 44.7 Å². The largest absolute Gasteiger partial charge is 0.507 e. The third kappa shape index (κ3) is 4.13. The number of phenols is 2. The summed E-state index contributed by atoms with van der Waals surface area (Å²) in [5.41, 5.74) is 1.63. The number of nitrogens with two attached hydrogens (primary N) is 1. The topological polar surface area (TPSA) is 223 Å². The number of allylic oxidation sites excluding steroid dienone is 2. The van der Waals surface area contributed by atoms with Crippen LogP contribution in [0.4, 0.5) is 0 Å². The number of carbonyl (C=O) groups excluding carboxylic acids is 4. The van der Waals surface area contributed by atoms with E-state index in [1.807, 2.05) is 0 Å². The number of ketones is 4. The van der Waals surface area contributed by atoms with Crippen molar-refractivity contribution < 1.29 is 58.9 Å². The van der Waals surface area contributed by atoms with Crippen molar-refractivity contribution in [3.63, 3.8) is 0 Å². The Hall–Kier alpha value is -3.30. The number of Topliss-reactive ketones (excluding diaryl/α,β-unsaturated/α-hetero) is 3. The quantitative estimate of drug-likeness (QED) is 0.240. The third-order valence-corrected chi connectivity index (χ3v) is 8.04. The Balaban J connectivity index is 1.68. The number of rotatable bonds is 5. The van der Waals surface area contributed by atoms with Crippen LogP contribution in [0.1, 0.15) is 57.7 Å². The Morgan fingerprint density at radius 2 is 1.82 bits per heavy atom. The fraction of sp³-hybridized carbons (Fsp3) is 0.481. The monoisotopic (exact) mass is 559 g/mol. The molecule has 1 aliphatic heterocycles. The standard InChI is InChI=1S/C27H29NO12/c1-9-21(32)12(28)5-16(39-9)40-14-7-27(37,15(31)8-29)6-11-17(14)24(35)20-19(23(11)34)22(33)10-3-4-13(30)26(38-2)18(10)25(20)36/h3-4,9,12,14,16,21,26,29,32,34-35,37H,5-8,28H2,1-2H3/t9-,12-,14-,16-,21+,26?,27-/m0/s1. The first-order chi connectivity index (χ1) is 18.8. The van der Waals surface area contributed by atoms with Crippen LogP contribution in [0.5, 0.6) is 11.5 Å². The first kappa shape index (κ1) is 28.2. The average Bonchev–Trinajstić information content (AvgIpc) is 2.91. The number of hydrogen-bond acceptors (Lipinski definition) is 13. The third-order valence-electron chi connectivity index (χ3n) is 8.04. The maximum absolute atomic E-state index is 13.7. The van der Waals surface area contributed by atoms with Crippen molar-refractivity contribution in [2.45, 2.75) is 68.5 Å². The number of hydrogen-bond donors (Lipinski definition) is 6. The van der Waals surface area contributed by atoms with Gasteiger partial charge in [0.1, 0.15) is 29.8 Å². The van der Waals surface area contributed by atoms with Crippen LogP contribution in [0.3, 0.4) is 0 Å². The minimum absolute atomic E-state index is 0.0149. The molecule has 1 unspecified atom stereocenters. The molecule has 1 heterocycles. The van der Waals surface area contributed by atoms with Crippen LogP contribution in [0.2, 0.25) is 0 Å². The summed E-state index contributed by atoms with van der Waals surface area (Å²) in [6, 6.07) is -0.757. The molecule has 5 rings (SSSR count). The second-order valence-corrected chi connectivity index (χ2v) is 10.5. The molecule has 1 aromatic carbocycles. The highest BCUT2D eigenvalue weighted by molar-refractivity contribution is 6.33. The van der Waals surface area contributed by atoms with E-state index in [-0.39, 0.29) is 28.7 Å². The highest BCUT2D eigenvalue weighted by atomic mass is 16.7. The lowest BCUT2D eigenvalue weighted by Crippen LogP contribution is -2.53. The van der Waals surface area contributed by atoms with Crippen molar-refractivity contribution in [3.8, 4) is 11.5 Å². The van der Waals surface area contributed by atoms with Crippen molar-refractivity contribution in [3.05, 3.63) is 45.6 Å². The number of carbonyl (C=O) groups is 4. The van der Waals surface area contributed by atoms with E-state index in [0.29, 0.717) is 0 Å². The Bertz CT molecular complexity index is 1380. The van der Waals surface area contributed by atoms with E-state index < -0.39 is 108 Å². The van der Waals surface area contributed by atoms with E-state index in [4.69, 9.17) is 19.9 Å². The van der Waals surface area contributed by atoms with Crippen molar-refractivity contribution in [1.82, 2.24) is 0 Å². The fourth-order valence-electron chi connectivity index (χ4n) is 5.93. The van der Waals surface area contributed by atoms with E-state index >= 15 is 0 Å². The Labute approximate surface area is 227 Å². The zero-order chi connectivity index (χ0) is 29.3. The van der Waals surface area contributed by atoms with E-state index in [0.717, 1.165) is 12.2 Å². The predicted molar refractivity (Wildman–Crippen MR) is 133 cm³/mol. The summed E-state index contributed by atoms with van der Waals surface area (Å²) in [5.74, 6) is -4.92. The van der Waals surface area contributed by atoms with Gasteiger partial charge in [-0.3, -0.25) is 19.2 Å². The van der Waals surface area contributed by atoms with Crippen molar-refractivity contribution in [2.24, 2.45) is 5.73 Å². The van der Waals surface area contributed by atoms with Gasteiger partial charge in [0.25, 0.3) is 0 Å². The number of aromatic hydroxyl groups is 2. The van der Waals surface area contributed by atoms with Gasteiger partial charge in [-0.05, 0) is 19.1 Å². The number of benzene rings is 1. The van der Waals surface area contributed by atoms with Gasteiger partial charge in [-0.25, -0.2) is 0 Å². The highest BCUT2D eigenvalue weighted by Gasteiger charge is 2.51. The summed E-state index contributed by atoms with van der Waals surface area (Å²) in [6.45, 7) is 0.511. The maximum Gasteiger partial charge on any atom is 0.198 e. The molecule has 4 aliphatic rings. The molecule has 214 valence electrons. The number of methoxy groups -OCH3 is 1. The molecule has 0 amide bonds. The molecule has 3 aliphatic carbocycles. The summed E-state index contributed by atoms with van der Waals surface area (Å²) in [4.78, 5) is 52.2. The van der Waals surface area contributed by atoms with Crippen LogP contribution < -0.4 is 5.73 Å². The molecular formula is C27H29NO12. The molecular weight excluding hydrogens is 530 g/mol. The molecule has 0 bridgehead atoms. The van der Waals surface area contributed by atoms with E-state index in [1.54, 1.807) is 6.92 Å². The Kier molecular flexibility index (Phi) is 7.03.